The van der Waals surface area contributed by atoms with Crippen molar-refractivity contribution in [2.75, 3.05) is 14.2 Å². The predicted molar refractivity (Wildman–Crippen MR) is 167 cm³/mol. The summed E-state index contributed by atoms with van der Waals surface area (Å²) in [5.41, 5.74) is 3.98. The second-order valence-corrected chi connectivity index (χ2v) is 11.0. The third-order valence-electron chi connectivity index (χ3n) is 7.75. The van der Waals surface area contributed by atoms with Gasteiger partial charge in [-0.2, -0.15) is 5.10 Å². The maximum Gasteiger partial charge on any atom is 0.328 e. The molecule has 0 bridgehead atoms. The molecule has 0 aliphatic carbocycles. The van der Waals surface area contributed by atoms with Gasteiger partial charge in [0, 0.05) is 36.0 Å². The van der Waals surface area contributed by atoms with E-state index in [4.69, 9.17) is 9.47 Å². The van der Waals surface area contributed by atoms with Crippen molar-refractivity contribution in [3.05, 3.63) is 105 Å². The van der Waals surface area contributed by atoms with Crippen molar-refractivity contribution >= 4 is 17.7 Å². The Morgan fingerprint density at radius 3 is 2.23 bits per heavy atom. The number of nitrogens with one attached hydrogen (secondary N) is 1. The van der Waals surface area contributed by atoms with Crippen LogP contribution in [0.3, 0.4) is 0 Å². The van der Waals surface area contributed by atoms with Crippen LogP contribution in [0.4, 0.5) is 0 Å². The molecule has 1 unspecified atom stereocenters. The van der Waals surface area contributed by atoms with Crippen LogP contribution in [-0.2, 0) is 27.8 Å². The maximum absolute atomic E-state index is 13.9. The fourth-order valence-electron chi connectivity index (χ4n) is 5.48. The van der Waals surface area contributed by atoms with Crippen molar-refractivity contribution in [2.24, 2.45) is 13.0 Å². The molecule has 2 aromatic heterocycles. The molecule has 0 fully saturated rings. The van der Waals surface area contributed by atoms with Gasteiger partial charge in [0.2, 0.25) is 5.91 Å². The van der Waals surface area contributed by atoms with E-state index in [0.29, 0.717) is 33.7 Å². The number of ether oxygens (including phenoxy) is 2. The summed E-state index contributed by atoms with van der Waals surface area (Å²) in [6.07, 6.45) is 1.64. The maximum atomic E-state index is 13.9. The van der Waals surface area contributed by atoms with Crippen LogP contribution in [-0.4, -0.2) is 52.3 Å². The van der Waals surface area contributed by atoms with Crippen molar-refractivity contribution in [3.8, 4) is 16.9 Å². The first-order chi connectivity index (χ1) is 21.0. The van der Waals surface area contributed by atoms with Crippen molar-refractivity contribution in [2.45, 2.75) is 46.2 Å². The van der Waals surface area contributed by atoms with E-state index in [-0.39, 0.29) is 29.6 Å². The molecule has 0 spiro atoms. The summed E-state index contributed by atoms with van der Waals surface area (Å²) >= 11 is 0. The average molecular weight is 599 g/mol. The van der Waals surface area contributed by atoms with E-state index < -0.39 is 18.1 Å². The Balaban J connectivity index is 1.60. The van der Waals surface area contributed by atoms with Crippen LogP contribution < -0.4 is 15.6 Å². The van der Waals surface area contributed by atoms with Gasteiger partial charge >= 0.3 is 5.97 Å². The minimum Gasteiger partial charge on any atom is -0.494 e. The zero-order chi connectivity index (χ0) is 32.1. The number of aryl methyl sites for hydroxylation is 2. The van der Waals surface area contributed by atoms with E-state index in [2.05, 4.69) is 10.4 Å². The second kappa shape index (κ2) is 13.5. The molecule has 0 aliphatic rings. The number of ketones is 1. The summed E-state index contributed by atoms with van der Waals surface area (Å²) in [6, 6.07) is 16.3. The highest BCUT2D eigenvalue weighted by molar-refractivity contribution is 6.10. The molecule has 10 heteroatoms. The third-order valence-corrected chi connectivity index (χ3v) is 7.75. The number of hydrogen-bond donors (Lipinski definition) is 1. The number of carbonyl (C=O) groups excluding carboxylic acids is 3. The first kappa shape index (κ1) is 31.9. The SMILES string of the molecule is COC(=O)[C@H](Cc1ccc(-c2c(OC)cnn(C)c2=O)cc1)NC(=O)C(C(C)C)n1c(C)cc(C(=O)c2ccccc2)c1C. The third kappa shape index (κ3) is 6.49. The number of methoxy groups -OCH3 is 2. The monoisotopic (exact) mass is 598 g/mol. The van der Waals surface area contributed by atoms with E-state index in [9.17, 15) is 19.2 Å². The number of nitrogens with zero attached hydrogens (tertiary/aromatic N) is 3. The highest BCUT2D eigenvalue weighted by Crippen LogP contribution is 2.29. The number of esters is 1. The molecule has 2 heterocycles. The van der Waals surface area contributed by atoms with Crippen LogP contribution in [0.2, 0.25) is 0 Å². The molecule has 4 aromatic rings. The summed E-state index contributed by atoms with van der Waals surface area (Å²) in [6.45, 7) is 7.54. The van der Waals surface area contributed by atoms with Crippen LogP contribution in [0.5, 0.6) is 5.75 Å². The molecule has 230 valence electrons. The van der Waals surface area contributed by atoms with Crippen LogP contribution in [0.25, 0.3) is 11.1 Å². The predicted octanol–water partition coefficient (Wildman–Crippen LogP) is 4.20. The minimum absolute atomic E-state index is 0.119. The normalized spacial score (nSPS) is 12.5. The lowest BCUT2D eigenvalue weighted by Gasteiger charge is -2.27. The fourth-order valence-corrected chi connectivity index (χ4v) is 5.48. The largest absolute Gasteiger partial charge is 0.494 e. The number of aromatic nitrogens is 3. The summed E-state index contributed by atoms with van der Waals surface area (Å²) in [5.74, 6) is -0.876. The molecule has 44 heavy (non-hydrogen) atoms. The number of benzene rings is 2. The zero-order valence-corrected chi connectivity index (χ0v) is 26.1. The lowest BCUT2D eigenvalue weighted by molar-refractivity contribution is -0.145. The highest BCUT2D eigenvalue weighted by atomic mass is 16.5. The van der Waals surface area contributed by atoms with E-state index in [1.807, 2.05) is 50.5 Å². The lowest BCUT2D eigenvalue weighted by Crippen LogP contribution is -2.47. The van der Waals surface area contributed by atoms with Gasteiger partial charge in [0.1, 0.15) is 12.1 Å². The van der Waals surface area contributed by atoms with Gasteiger partial charge in [0.05, 0.1) is 26.0 Å². The molecule has 4 rings (SSSR count). The quantitative estimate of drug-likeness (QED) is 0.203. The molecule has 1 amide bonds. The van der Waals surface area contributed by atoms with Crippen LogP contribution in [0.1, 0.15) is 52.8 Å². The van der Waals surface area contributed by atoms with Gasteiger partial charge in [-0.3, -0.25) is 14.4 Å². The Hall–Kier alpha value is -4.99. The Bertz CT molecular complexity index is 1720. The minimum atomic E-state index is -0.968. The number of hydrogen-bond acceptors (Lipinski definition) is 7. The van der Waals surface area contributed by atoms with Gasteiger partial charge in [-0.1, -0.05) is 68.4 Å². The molecule has 0 saturated carbocycles. The molecule has 0 radical (unpaired) electrons. The van der Waals surface area contributed by atoms with Crippen molar-refractivity contribution in [1.82, 2.24) is 19.7 Å². The Morgan fingerprint density at radius 1 is 0.977 bits per heavy atom. The lowest BCUT2D eigenvalue weighted by atomic mass is 9.99. The first-order valence-electron chi connectivity index (χ1n) is 14.3. The highest BCUT2D eigenvalue weighted by Gasteiger charge is 2.32. The Labute approximate surface area is 256 Å². The molecular weight excluding hydrogens is 560 g/mol. The molecule has 2 atom stereocenters. The topological polar surface area (TPSA) is 122 Å². The molecule has 0 saturated heterocycles. The summed E-state index contributed by atoms with van der Waals surface area (Å²) in [5, 5.41) is 6.90. The van der Waals surface area contributed by atoms with Crippen molar-refractivity contribution in [3.63, 3.8) is 0 Å². The van der Waals surface area contributed by atoms with Gasteiger partial charge in [-0.05, 0) is 37.0 Å². The summed E-state index contributed by atoms with van der Waals surface area (Å²) in [4.78, 5) is 52.8. The zero-order valence-electron chi connectivity index (χ0n) is 26.1. The van der Waals surface area contributed by atoms with Crippen LogP contribution in [0.15, 0.2) is 71.7 Å². The van der Waals surface area contributed by atoms with Crippen LogP contribution in [0, 0.1) is 19.8 Å². The van der Waals surface area contributed by atoms with E-state index >= 15 is 0 Å². The Morgan fingerprint density at radius 2 is 1.64 bits per heavy atom. The Kier molecular flexibility index (Phi) is 9.83. The van der Waals surface area contributed by atoms with Gasteiger partial charge in [-0.25, -0.2) is 9.48 Å². The number of rotatable bonds is 11. The average Bonchev–Trinajstić information content (AvgIpc) is 3.31. The van der Waals surface area contributed by atoms with Gasteiger partial charge in [0.15, 0.2) is 11.5 Å². The fraction of sp³-hybridized carbons (Fsp3) is 0.324. The van der Waals surface area contributed by atoms with Crippen molar-refractivity contribution in [1.29, 1.82) is 0 Å². The van der Waals surface area contributed by atoms with E-state index in [1.165, 1.54) is 25.1 Å². The van der Waals surface area contributed by atoms with Gasteiger partial charge < -0.3 is 19.4 Å². The first-order valence-corrected chi connectivity index (χ1v) is 14.3. The van der Waals surface area contributed by atoms with Gasteiger partial charge in [-0.15, -0.1) is 0 Å². The van der Waals surface area contributed by atoms with E-state index in [1.54, 1.807) is 49.5 Å². The van der Waals surface area contributed by atoms with Gasteiger partial charge in [0.25, 0.3) is 5.56 Å². The van der Waals surface area contributed by atoms with E-state index in [0.717, 1.165) is 11.3 Å². The smallest absolute Gasteiger partial charge is 0.328 e. The molecule has 10 nitrogen and oxygen atoms in total. The standard InChI is InChI=1S/C34H38N4O6/c1-20(2)30(38-21(3)17-26(22(38)4)31(39)25-11-9-8-10-12-25)32(40)36-27(34(42)44-7)18-23-13-15-24(16-14-23)29-28(43-6)19-35-37(5)33(29)41/h8-17,19-20,27,30H,18H2,1-7H3,(H,36,40)/t27-,30?/m0/s1. The molecule has 0 aliphatic heterocycles. The number of carbonyl (C=O) groups is 3. The van der Waals surface area contributed by atoms with Crippen LogP contribution >= 0.6 is 0 Å². The summed E-state index contributed by atoms with van der Waals surface area (Å²) in [7, 11) is 4.31. The molecule has 1 N–H and O–H groups in total. The number of amides is 1. The van der Waals surface area contributed by atoms with Crippen molar-refractivity contribution < 1.29 is 23.9 Å². The molecular formula is C34H38N4O6. The summed E-state index contributed by atoms with van der Waals surface area (Å²) < 4.78 is 13.5. The second-order valence-electron chi connectivity index (χ2n) is 11.0. The molecule has 2 aromatic carbocycles.